The highest BCUT2D eigenvalue weighted by molar-refractivity contribution is 5.96. The van der Waals surface area contributed by atoms with Crippen LogP contribution in [-0.4, -0.2) is 52.3 Å². The number of nitrogens with zero attached hydrogens (tertiary/aromatic N) is 4. The van der Waals surface area contributed by atoms with Crippen molar-refractivity contribution in [2.24, 2.45) is 0 Å². The number of aromatic nitrogens is 4. The van der Waals surface area contributed by atoms with E-state index in [0.29, 0.717) is 24.3 Å². The third kappa shape index (κ3) is 3.64. The smallest absolute Gasteiger partial charge is 0.270 e. The van der Waals surface area contributed by atoms with Gasteiger partial charge in [-0.15, -0.1) is 5.10 Å². The Morgan fingerprint density at radius 3 is 3.11 bits per heavy atom. The van der Waals surface area contributed by atoms with Crippen LogP contribution >= 0.6 is 0 Å². The maximum atomic E-state index is 13.2. The minimum absolute atomic E-state index is 0.0329. The lowest BCUT2D eigenvalue weighted by molar-refractivity contribution is 0.0661. The van der Waals surface area contributed by atoms with Gasteiger partial charge in [-0.2, -0.15) is 0 Å². The largest absolute Gasteiger partial charge is 0.377 e. The maximum Gasteiger partial charge on any atom is 0.270 e. The molecule has 4 rings (SSSR count). The van der Waals surface area contributed by atoms with Gasteiger partial charge in [0.05, 0.1) is 26.0 Å². The zero-order chi connectivity index (χ0) is 18.8. The molecule has 0 bridgehead atoms. The number of nitrogens with one attached hydrogen (secondary N) is 1. The number of carbonyl (C=O) groups excluding carboxylic acids is 1. The van der Waals surface area contributed by atoms with Gasteiger partial charge in [-0.1, -0.05) is 11.3 Å². The van der Waals surface area contributed by atoms with Crippen molar-refractivity contribution in [3.63, 3.8) is 0 Å². The number of amides is 1. The van der Waals surface area contributed by atoms with Crippen LogP contribution in [0.3, 0.4) is 0 Å². The summed E-state index contributed by atoms with van der Waals surface area (Å²) in [5, 5.41) is 12.3. The molecule has 3 heterocycles. The highest BCUT2D eigenvalue weighted by Gasteiger charge is 2.30. The van der Waals surface area contributed by atoms with Crippen LogP contribution in [0.15, 0.2) is 36.7 Å². The summed E-state index contributed by atoms with van der Waals surface area (Å²) in [6.45, 7) is 1.24. The molecule has 0 radical (unpaired) electrons. The lowest BCUT2D eigenvalue weighted by Crippen LogP contribution is -2.25. The number of fused-ring (bicyclic) bond motifs is 1. The predicted octanol–water partition coefficient (Wildman–Crippen LogP) is 1.48. The number of carbonyl (C=O) groups is 1. The molecular formula is C18H18FN5O3. The first kappa shape index (κ1) is 17.5. The molecule has 1 N–H and O–H groups in total. The van der Waals surface area contributed by atoms with Crippen LogP contribution in [-0.2, 0) is 16.0 Å². The van der Waals surface area contributed by atoms with E-state index < -0.39 is 0 Å². The lowest BCUT2D eigenvalue weighted by Gasteiger charge is -2.15. The van der Waals surface area contributed by atoms with Crippen LogP contribution in [0.25, 0.3) is 10.8 Å². The number of rotatable bonds is 5. The van der Waals surface area contributed by atoms with Gasteiger partial charge >= 0.3 is 0 Å². The summed E-state index contributed by atoms with van der Waals surface area (Å²) >= 11 is 0. The van der Waals surface area contributed by atoms with E-state index in [0.717, 1.165) is 5.39 Å². The van der Waals surface area contributed by atoms with Crippen LogP contribution in [0, 0.1) is 5.82 Å². The molecule has 3 aromatic rings. The molecule has 140 valence electrons. The molecule has 9 heteroatoms. The molecule has 1 aliphatic heterocycles. The van der Waals surface area contributed by atoms with Gasteiger partial charge in [-0.3, -0.25) is 9.78 Å². The van der Waals surface area contributed by atoms with Gasteiger partial charge in [0, 0.05) is 18.7 Å². The summed E-state index contributed by atoms with van der Waals surface area (Å²) in [5.41, 5.74) is 0.873. The van der Waals surface area contributed by atoms with Crippen molar-refractivity contribution in [2.75, 3.05) is 20.3 Å². The second kappa shape index (κ2) is 7.37. The Labute approximate surface area is 154 Å². The molecule has 1 amide bonds. The highest BCUT2D eigenvalue weighted by atomic mass is 19.1. The molecule has 27 heavy (non-hydrogen) atoms. The standard InChI is InChI=1S/C18H18FN5O3/c1-26-17-10-27-9-16(17)24-8-14(22-23-24)7-21-18(25)15-5-11-2-3-13(19)4-12(11)6-20-15/h2-6,8,16-17H,7,9-10H2,1H3,(H,21,25)/t16-,17-/m1/s1. The minimum atomic E-state index is -0.340. The summed E-state index contributed by atoms with van der Waals surface area (Å²) < 4.78 is 25.7. The number of benzene rings is 1. The Balaban J connectivity index is 1.41. The van der Waals surface area contributed by atoms with Crippen LogP contribution in [0.1, 0.15) is 22.2 Å². The van der Waals surface area contributed by atoms with E-state index in [4.69, 9.17) is 9.47 Å². The van der Waals surface area contributed by atoms with Gasteiger partial charge in [0.1, 0.15) is 29.4 Å². The SMILES string of the molecule is CO[C@@H]1COC[C@H]1n1cc(CNC(=O)c2cc3ccc(F)cc3cn2)nn1. The first-order chi connectivity index (χ1) is 13.1. The Morgan fingerprint density at radius 2 is 2.26 bits per heavy atom. The van der Waals surface area contributed by atoms with Gasteiger partial charge in [-0.05, 0) is 23.6 Å². The van der Waals surface area contributed by atoms with E-state index in [2.05, 4.69) is 20.6 Å². The Kier molecular flexibility index (Phi) is 4.78. The number of halogens is 1. The van der Waals surface area contributed by atoms with E-state index in [1.807, 2.05) is 0 Å². The zero-order valence-electron chi connectivity index (χ0n) is 14.6. The molecule has 0 unspecified atom stereocenters. The van der Waals surface area contributed by atoms with Crippen molar-refractivity contribution in [1.82, 2.24) is 25.3 Å². The fraction of sp³-hybridized carbons (Fsp3) is 0.333. The third-order valence-electron chi connectivity index (χ3n) is 4.55. The topological polar surface area (TPSA) is 91.2 Å². The number of methoxy groups -OCH3 is 1. The van der Waals surface area contributed by atoms with Gasteiger partial charge in [-0.25, -0.2) is 9.07 Å². The number of pyridine rings is 1. The van der Waals surface area contributed by atoms with E-state index in [9.17, 15) is 9.18 Å². The van der Waals surface area contributed by atoms with E-state index >= 15 is 0 Å². The van der Waals surface area contributed by atoms with Gasteiger partial charge in [0.2, 0.25) is 0 Å². The Hall–Kier alpha value is -2.91. The summed E-state index contributed by atoms with van der Waals surface area (Å²) in [5.74, 6) is -0.678. The molecule has 2 atom stereocenters. The van der Waals surface area contributed by atoms with Crippen molar-refractivity contribution in [1.29, 1.82) is 0 Å². The van der Waals surface area contributed by atoms with Crippen molar-refractivity contribution < 1.29 is 18.7 Å². The van der Waals surface area contributed by atoms with Crippen LogP contribution in [0.2, 0.25) is 0 Å². The molecular weight excluding hydrogens is 353 g/mol. The minimum Gasteiger partial charge on any atom is -0.377 e. The van der Waals surface area contributed by atoms with Crippen molar-refractivity contribution in [3.05, 3.63) is 53.9 Å². The third-order valence-corrected chi connectivity index (χ3v) is 4.55. The van der Waals surface area contributed by atoms with Crippen LogP contribution < -0.4 is 5.32 Å². The molecule has 8 nitrogen and oxygen atoms in total. The molecule has 2 aromatic heterocycles. The van der Waals surface area contributed by atoms with Crippen molar-refractivity contribution in [3.8, 4) is 0 Å². The highest BCUT2D eigenvalue weighted by Crippen LogP contribution is 2.21. The number of hydrogen-bond acceptors (Lipinski definition) is 6. The lowest BCUT2D eigenvalue weighted by atomic mass is 10.1. The molecule has 1 fully saturated rings. The van der Waals surface area contributed by atoms with Gasteiger partial charge in [0.15, 0.2) is 0 Å². The zero-order valence-corrected chi connectivity index (χ0v) is 14.6. The summed E-state index contributed by atoms with van der Waals surface area (Å²) in [4.78, 5) is 16.4. The maximum absolute atomic E-state index is 13.2. The fourth-order valence-electron chi connectivity index (χ4n) is 3.05. The molecule has 0 saturated carbocycles. The van der Waals surface area contributed by atoms with Crippen LogP contribution in [0.5, 0.6) is 0 Å². The van der Waals surface area contributed by atoms with E-state index in [1.165, 1.54) is 18.3 Å². The summed E-state index contributed by atoms with van der Waals surface area (Å²) in [6, 6.07) is 5.93. The normalized spacial score (nSPS) is 19.5. The van der Waals surface area contributed by atoms with E-state index in [-0.39, 0.29) is 36.1 Å². The molecule has 1 aliphatic rings. The fourth-order valence-corrected chi connectivity index (χ4v) is 3.05. The number of hydrogen-bond donors (Lipinski definition) is 1. The summed E-state index contributed by atoms with van der Waals surface area (Å²) in [7, 11) is 1.63. The van der Waals surface area contributed by atoms with Crippen molar-refractivity contribution in [2.45, 2.75) is 18.7 Å². The molecule has 1 saturated heterocycles. The first-order valence-corrected chi connectivity index (χ1v) is 8.49. The quantitative estimate of drug-likeness (QED) is 0.731. The molecule has 0 aliphatic carbocycles. The average molecular weight is 371 g/mol. The summed E-state index contributed by atoms with van der Waals surface area (Å²) in [6.07, 6.45) is 3.18. The van der Waals surface area contributed by atoms with Gasteiger partial charge < -0.3 is 14.8 Å². The Morgan fingerprint density at radius 1 is 1.37 bits per heavy atom. The number of ether oxygens (including phenoxy) is 2. The van der Waals surface area contributed by atoms with E-state index in [1.54, 1.807) is 30.1 Å². The molecule has 0 spiro atoms. The second-order valence-electron chi connectivity index (χ2n) is 6.31. The predicted molar refractivity (Wildman–Crippen MR) is 93.5 cm³/mol. The average Bonchev–Trinajstić information content (AvgIpc) is 3.34. The Bertz CT molecular complexity index is 977. The second-order valence-corrected chi connectivity index (χ2v) is 6.31. The molecule has 1 aromatic carbocycles. The van der Waals surface area contributed by atoms with Crippen molar-refractivity contribution >= 4 is 16.7 Å². The first-order valence-electron chi connectivity index (χ1n) is 8.49. The van der Waals surface area contributed by atoms with Crippen LogP contribution in [0.4, 0.5) is 4.39 Å². The monoisotopic (exact) mass is 371 g/mol. The van der Waals surface area contributed by atoms with Gasteiger partial charge in [0.25, 0.3) is 5.91 Å².